The van der Waals surface area contributed by atoms with Gasteiger partial charge in [-0.25, -0.2) is 0 Å². The smallest absolute Gasteiger partial charge is 0.316 e. The topological polar surface area (TPSA) is 73.5 Å². The van der Waals surface area contributed by atoms with E-state index >= 15 is 0 Å². The van der Waals surface area contributed by atoms with E-state index in [0.29, 0.717) is 15.7 Å². The lowest BCUT2D eigenvalue weighted by Crippen LogP contribution is -3.00. The van der Waals surface area contributed by atoms with E-state index in [1.54, 1.807) is 23.9 Å². The van der Waals surface area contributed by atoms with Crippen LogP contribution < -0.4 is 21.5 Å². The molecule has 0 spiro atoms. The zero-order valence-corrected chi connectivity index (χ0v) is 21.5. The van der Waals surface area contributed by atoms with E-state index in [0.717, 1.165) is 5.56 Å². The Morgan fingerprint density at radius 1 is 1.03 bits per heavy atom. The molecule has 0 amide bonds. The summed E-state index contributed by atoms with van der Waals surface area (Å²) in [5, 5.41) is 0. The van der Waals surface area contributed by atoms with Crippen LogP contribution in [0.1, 0.15) is 46.6 Å². The molecular formula is C21H30BrNO5S2. The van der Waals surface area contributed by atoms with Crippen LogP contribution in [0.4, 0.5) is 0 Å². The summed E-state index contributed by atoms with van der Waals surface area (Å²) in [5.41, 5.74) is 0.830. The molecular weight excluding hydrogens is 490 g/mol. The van der Waals surface area contributed by atoms with Crippen molar-refractivity contribution in [2.75, 3.05) is 18.1 Å². The third-order valence-corrected chi connectivity index (χ3v) is 5.63. The minimum absolute atomic E-state index is 0. The summed E-state index contributed by atoms with van der Waals surface area (Å²) in [4.78, 5) is 37.0. The number of rotatable bonds is 10. The van der Waals surface area contributed by atoms with Crippen LogP contribution in [-0.2, 0) is 23.9 Å². The number of carbonyl (C=O) groups is 3. The number of esters is 2. The molecule has 0 aliphatic rings. The third-order valence-electron chi connectivity index (χ3n) is 3.34. The van der Waals surface area contributed by atoms with Crippen molar-refractivity contribution in [2.45, 2.75) is 53.6 Å². The SMILES string of the molecule is CCOC(=O)CC(=O)/C(=C(\SCC)SCC(=O)OC(C)(C)C)[n+]1ccc(C)cc1.[Br-]. The highest BCUT2D eigenvalue weighted by molar-refractivity contribution is 8.22. The highest BCUT2D eigenvalue weighted by atomic mass is 79.9. The largest absolute Gasteiger partial charge is 1.00 e. The van der Waals surface area contributed by atoms with Gasteiger partial charge in [-0.2, -0.15) is 4.57 Å². The highest BCUT2D eigenvalue weighted by Gasteiger charge is 2.29. The summed E-state index contributed by atoms with van der Waals surface area (Å²) in [6.07, 6.45) is 3.20. The molecule has 30 heavy (non-hydrogen) atoms. The first-order chi connectivity index (χ1) is 13.6. The van der Waals surface area contributed by atoms with Gasteiger partial charge in [-0.1, -0.05) is 6.92 Å². The number of aromatic nitrogens is 1. The maximum Gasteiger partial charge on any atom is 0.316 e. The van der Waals surface area contributed by atoms with Gasteiger partial charge in [0.2, 0.25) is 5.78 Å². The van der Waals surface area contributed by atoms with E-state index < -0.39 is 11.6 Å². The Hall–Kier alpha value is -1.32. The molecule has 1 aromatic heterocycles. The Labute approximate surface area is 197 Å². The fraction of sp³-hybridized carbons (Fsp3) is 0.524. The highest BCUT2D eigenvalue weighted by Crippen LogP contribution is 2.33. The van der Waals surface area contributed by atoms with Crippen molar-refractivity contribution in [1.82, 2.24) is 0 Å². The molecule has 1 aromatic rings. The van der Waals surface area contributed by atoms with Crippen molar-refractivity contribution in [1.29, 1.82) is 0 Å². The second-order valence-electron chi connectivity index (χ2n) is 7.13. The van der Waals surface area contributed by atoms with E-state index in [2.05, 4.69) is 0 Å². The lowest BCUT2D eigenvalue weighted by Gasteiger charge is -2.19. The fourth-order valence-corrected chi connectivity index (χ4v) is 4.39. The van der Waals surface area contributed by atoms with Gasteiger partial charge in [0.1, 0.15) is 16.3 Å². The molecule has 6 nitrogen and oxygen atoms in total. The van der Waals surface area contributed by atoms with Gasteiger partial charge in [-0.15, -0.1) is 23.5 Å². The number of nitrogens with zero attached hydrogens (tertiary/aromatic N) is 1. The van der Waals surface area contributed by atoms with Gasteiger partial charge < -0.3 is 26.5 Å². The molecule has 9 heteroatoms. The lowest BCUT2D eigenvalue weighted by atomic mass is 10.2. The zero-order valence-electron chi connectivity index (χ0n) is 18.3. The maximum absolute atomic E-state index is 13.0. The number of halogens is 1. The quantitative estimate of drug-likeness (QED) is 0.195. The molecule has 0 N–H and O–H groups in total. The zero-order chi connectivity index (χ0) is 22.0. The van der Waals surface area contributed by atoms with Gasteiger partial charge in [0.15, 0.2) is 12.4 Å². The van der Waals surface area contributed by atoms with Crippen LogP contribution in [0.15, 0.2) is 28.8 Å². The number of allylic oxidation sites excluding steroid dienone is 1. The Morgan fingerprint density at radius 2 is 1.63 bits per heavy atom. The average Bonchev–Trinajstić information content (AvgIpc) is 2.60. The predicted octanol–water partition coefficient (Wildman–Crippen LogP) is 0.763. The van der Waals surface area contributed by atoms with E-state index in [-0.39, 0.29) is 47.5 Å². The second-order valence-corrected chi connectivity index (χ2v) is 9.65. The predicted molar refractivity (Wildman–Crippen MR) is 117 cm³/mol. The summed E-state index contributed by atoms with van der Waals surface area (Å²) in [7, 11) is 0. The van der Waals surface area contributed by atoms with Crippen LogP contribution >= 0.6 is 23.5 Å². The number of carbonyl (C=O) groups excluding carboxylic acids is 3. The summed E-state index contributed by atoms with van der Waals surface area (Å²) in [6, 6.07) is 3.76. The van der Waals surface area contributed by atoms with Gasteiger partial charge >= 0.3 is 11.9 Å². The van der Waals surface area contributed by atoms with Crippen LogP contribution in [-0.4, -0.2) is 41.4 Å². The standard InChI is InChI=1S/C21H30NO5S2.BrH/c1-7-26-17(24)13-16(23)19(22-11-9-15(3)10-12-22)20(28-8-2)29-14-18(25)27-21(4,5)6;/h9-12H,7-8,13-14H2,1-6H3;1H/q+1;/p-1/b20-19-;. The van der Waals surface area contributed by atoms with Crippen molar-refractivity contribution in [3.05, 3.63) is 34.3 Å². The van der Waals surface area contributed by atoms with Crippen molar-refractivity contribution in [2.24, 2.45) is 0 Å². The van der Waals surface area contributed by atoms with Crippen LogP contribution in [0.3, 0.4) is 0 Å². The first-order valence-electron chi connectivity index (χ1n) is 9.46. The van der Waals surface area contributed by atoms with Crippen molar-refractivity contribution >= 4 is 46.9 Å². The van der Waals surface area contributed by atoms with Gasteiger partial charge in [0, 0.05) is 12.1 Å². The molecule has 0 fully saturated rings. The van der Waals surface area contributed by atoms with Gasteiger partial charge in [-0.05, 0) is 45.9 Å². The number of thioether (sulfide) groups is 2. The summed E-state index contributed by atoms with van der Waals surface area (Å²) < 4.78 is 12.7. The maximum atomic E-state index is 13.0. The lowest BCUT2D eigenvalue weighted by molar-refractivity contribution is -0.577. The van der Waals surface area contributed by atoms with Crippen molar-refractivity contribution in [3.63, 3.8) is 0 Å². The normalized spacial score (nSPS) is 11.8. The average molecular weight is 521 g/mol. The molecule has 0 radical (unpaired) electrons. The molecule has 0 atom stereocenters. The number of aryl methyl sites for hydroxylation is 1. The molecule has 0 saturated heterocycles. The van der Waals surface area contributed by atoms with E-state index in [1.165, 1.54) is 23.5 Å². The number of ether oxygens (including phenoxy) is 2. The first kappa shape index (κ1) is 28.7. The molecule has 0 aromatic carbocycles. The number of Topliss-reactive ketones (excluding diaryl/α,β-unsaturated/α-hetero) is 1. The molecule has 0 aliphatic carbocycles. The summed E-state index contributed by atoms with van der Waals surface area (Å²) in [6.45, 7) is 11.3. The summed E-state index contributed by atoms with van der Waals surface area (Å²) >= 11 is 2.70. The minimum atomic E-state index is -0.576. The molecule has 168 valence electrons. The molecule has 1 heterocycles. The number of pyridine rings is 1. The Morgan fingerprint density at radius 3 is 2.13 bits per heavy atom. The molecule has 1 rings (SSSR count). The molecule has 0 aliphatic heterocycles. The van der Waals surface area contributed by atoms with E-state index in [4.69, 9.17) is 9.47 Å². The van der Waals surface area contributed by atoms with Crippen LogP contribution in [0.25, 0.3) is 5.70 Å². The molecule has 0 unspecified atom stereocenters. The monoisotopic (exact) mass is 519 g/mol. The number of ketones is 1. The van der Waals surface area contributed by atoms with Gasteiger partial charge in [0.25, 0.3) is 5.70 Å². The first-order valence-corrected chi connectivity index (χ1v) is 11.4. The minimum Gasteiger partial charge on any atom is -1.00 e. The van der Waals surface area contributed by atoms with Gasteiger partial charge in [-0.3, -0.25) is 14.4 Å². The van der Waals surface area contributed by atoms with Gasteiger partial charge in [0.05, 0.1) is 12.4 Å². The Kier molecular flexibility index (Phi) is 13.3. The van der Waals surface area contributed by atoms with Crippen LogP contribution in [0.2, 0.25) is 0 Å². The van der Waals surface area contributed by atoms with E-state index in [9.17, 15) is 14.4 Å². The van der Waals surface area contributed by atoms with Crippen LogP contribution in [0, 0.1) is 6.92 Å². The van der Waals surface area contributed by atoms with Crippen LogP contribution in [0.5, 0.6) is 0 Å². The number of hydrogen-bond donors (Lipinski definition) is 0. The Bertz CT molecular complexity index is 758. The molecule has 0 bridgehead atoms. The summed E-state index contributed by atoms with van der Waals surface area (Å²) in [5.74, 6) is -0.505. The van der Waals surface area contributed by atoms with Crippen molar-refractivity contribution in [3.8, 4) is 0 Å². The molecule has 0 saturated carbocycles. The van der Waals surface area contributed by atoms with E-state index in [1.807, 2.05) is 46.8 Å². The van der Waals surface area contributed by atoms with Crippen molar-refractivity contribution < 1.29 is 45.4 Å². The fourth-order valence-electron chi connectivity index (χ4n) is 2.25. The Balaban J connectivity index is 0.00000841. The third kappa shape index (κ3) is 10.6. The number of hydrogen-bond acceptors (Lipinski definition) is 7. The second kappa shape index (κ2) is 13.9.